The maximum atomic E-state index is 12.0. The Morgan fingerprint density at radius 2 is 1.84 bits per heavy atom. The quantitative estimate of drug-likeness (QED) is 0.742. The topological polar surface area (TPSA) is 26.3 Å². The van der Waals surface area contributed by atoms with E-state index in [0.29, 0.717) is 12.5 Å². The van der Waals surface area contributed by atoms with E-state index < -0.39 is 0 Å². The lowest BCUT2D eigenvalue weighted by molar-refractivity contribution is 0.0524. The van der Waals surface area contributed by atoms with Crippen LogP contribution in [0.4, 0.5) is 0 Å². The van der Waals surface area contributed by atoms with Crippen molar-refractivity contribution in [1.82, 2.24) is 0 Å². The zero-order chi connectivity index (χ0) is 13.7. The number of hydrogen-bond acceptors (Lipinski definition) is 2. The van der Waals surface area contributed by atoms with Gasteiger partial charge in [0.1, 0.15) is 0 Å². The fourth-order valence-corrected chi connectivity index (χ4v) is 3.13. The molecule has 1 aliphatic carbocycles. The highest BCUT2D eigenvalue weighted by atomic mass is 16.5. The molecule has 1 fully saturated rings. The molecule has 0 spiro atoms. The van der Waals surface area contributed by atoms with Crippen molar-refractivity contribution in [2.24, 2.45) is 5.92 Å². The molecule has 19 heavy (non-hydrogen) atoms. The van der Waals surface area contributed by atoms with Crippen molar-refractivity contribution in [3.63, 3.8) is 0 Å². The second-order valence-electron chi connectivity index (χ2n) is 5.43. The molecule has 0 aliphatic heterocycles. The van der Waals surface area contributed by atoms with Crippen molar-refractivity contribution < 1.29 is 9.53 Å². The summed E-state index contributed by atoms with van der Waals surface area (Å²) in [6.07, 6.45) is 6.27. The number of benzene rings is 1. The summed E-state index contributed by atoms with van der Waals surface area (Å²) in [7, 11) is 0. The minimum absolute atomic E-state index is 0.171. The van der Waals surface area contributed by atoms with Gasteiger partial charge in [0.2, 0.25) is 0 Å². The summed E-state index contributed by atoms with van der Waals surface area (Å²) in [5.74, 6) is 1.24. The molecule has 0 unspecified atom stereocenters. The average molecular weight is 260 g/mol. The Hall–Kier alpha value is -1.31. The first-order valence-corrected chi connectivity index (χ1v) is 7.52. The molecule has 0 atom stereocenters. The number of hydrogen-bond donors (Lipinski definition) is 0. The molecule has 0 amide bonds. The van der Waals surface area contributed by atoms with Crippen LogP contribution in [0.25, 0.3) is 0 Å². The third-order valence-corrected chi connectivity index (χ3v) is 4.32. The molecule has 0 bridgehead atoms. The number of carbonyl (C=O) groups excluding carboxylic acids is 1. The molecular weight excluding hydrogens is 236 g/mol. The highest BCUT2D eigenvalue weighted by molar-refractivity contribution is 5.91. The van der Waals surface area contributed by atoms with Crippen LogP contribution >= 0.6 is 0 Å². The van der Waals surface area contributed by atoms with E-state index >= 15 is 0 Å². The third kappa shape index (κ3) is 3.37. The molecule has 1 saturated carbocycles. The first-order chi connectivity index (χ1) is 9.26. The minimum Gasteiger partial charge on any atom is -0.462 e. The second-order valence-corrected chi connectivity index (χ2v) is 5.43. The summed E-state index contributed by atoms with van der Waals surface area (Å²) in [6.45, 7) is 4.57. The van der Waals surface area contributed by atoms with Gasteiger partial charge < -0.3 is 4.74 Å². The van der Waals surface area contributed by atoms with E-state index in [1.54, 1.807) is 0 Å². The molecule has 0 aromatic heterocycles. The van der Waals surface area contributed by atoms with Gasteiger partial charge in [0.25, 0.3) is 0 Å². The van der Waals surface area contributed by atoms with Gasteiger partial charge in [-0.2, -0.15) is 0 Å². The van der Waals surface area contributed by atoms with Crippen LogP contribution in [0.3, 0.4) is 0 Å². The molecule has 0 saturated heterocycles. The number of carbonyl (C=O) groups is 1. The van der Waals surface area contributed by atoms with Gasteiger partial charge in [0, 0.05) is 0 Å². The molecule has 1 aromatic carbocycles. The Kier molecular flexibility index (Phi) is 5.00. The lowest BCUT2D eigenvalue weighted by Crippen LogP contribution is -2.16. The highest BCUT2D eigenvalue weighted by Crippen LogP contribution is 2.38. The van der Waals surface area contributed by atoms with Crippen LogP contribution in [0, 0.1) is 5.92 Å². The van der Waals surface area contributed by atoms with Gasteiger partial charge in [-0.25, -0.2) is 4.79 Å². The van der Waals surface area contributed by atoms with Crippen molar-refractivity contribution in [3.05, 3.63) is 35.4 Å². The monoisotopic (exact) mass is 260 g/mol. The van der Waals surface area contributed by atoms with Crippen molar-refractivity contribution in [3.8, 4) is 0 Å². The molecule has 0 heterocycles. The molecule has 0 N–H and O–H groups in total. The van der Waals surface area contributed by atoms with Gasteiger partial charge in [-0.1, -0.05) is 31.5 Å². The minimum atomic E-state index is -0.171. The summed E-state index contributed by atoms with van der Waals surface area (Å²) in [4.78, 5) is 12.0. The van der Waals surface area contributed by atoms with Gasteiger partial charge in [0.05, 0.1) is 12.2 Å². The number of ether oxygens (including phenoxy) is 1. The standard InChI is InChI=1S/C17H24O2/c1-3-13-9-11-14(12-10-13)15-7-5-6-8-16(15)17(18)19-4-2/h5-8,13-14H,3-4,9-12H2,1-2H3. The Bertz CT molecular complexity index is 417. The van der Waals surface area contributed by atoms with Crippen LogP contribution in [0.2, 0.25) is 0 Å². The summed E-state index contributed by atoms with van der Waals surface area (Å²) in [6, 6.07) is 7.96. The van der Waals surface area contributed by atoms with Crippen molar-refractivity contribution >= 4 is 5.97 Å². The summed E-state index contributed by atoms with van der Waals surface area (Å²) in [5, 5.41) is 0. The van der Waals surface area contributed by atoms with Crippen LogP contribution in [-0.2, 0) is 4.74 Å². The molecule has 2 nitrogen and oxygen atoms in total. The summed E-state index contributed by atoms with van der Waals surface area (Å²) in [5.41, 5.74) is 1.96. The first kappa shape index (κ1) is 14.1. The zero-order valence-corrected chi connectivity index (χ0v) is 12.0. The van der Waals surface area contributed by atoms with Crippen LogP contribution in [0.1, 0.15) is 67.8 Å². The van der Waals surface area contributed by atoms with E-state index in [9.17, 15) is 4.79 Å². The Labute approximate surface area is 116 Å². The maximum Gasteiger partial charge on any atom is 0.338 e. The summed E-state index contributed by atoms with van der Waals surface area (Å²) < 4.78 is 5.16. The Morgan fingerprint density at radius 3 is 2.47 bits per heavy atom. The van der Waals surface area contributed by atoms with E-state index in [1.807, 2.05) is 25.1 Å². The fourth-order valence-electron chi connectivity index (χ4n) is 3.13. The predicted octanol–water partition coefficient (Wildman–Crippen LogP) is 4.55. The molecular formula is C17H24O2. The zero-order valence-electron chi connectivity index (χ0n) is 12.0. The number of rotatable bonds is 4. The molecule has 0 radical (unpaired) electrons. The van der Waals surface area contributed by atoms with Crippen molar-refractivity contribution in [1.29, 1.82) is 0 Å². The fraction of sp³-hybridized carbons (Fsp3) is 0.588. The van der Waals surface area contributed by atoms with Crippen molar-refractivity contribution in [2.75, 3.05) is 6.61 Å². The van der Waals surface area contributed by atoms with Crippen LogP contribution < -0.4 is 0 Å². The normalized spacial score (nSPS) is 23.1. The average Bonchev–Trinajstić information content (AvgIpc) is 2.47. The summed E-state index contributed by atoms with van der Waals surface area (Å²) >= 11 is 0. The van der Waals surface area contributed by atoms with E-state index in [0.717, 1.165) is 11.5 Å². The Morgan fingerprint density at radius 1 is 1.16 bits per heavy atom. The molecule has 2 rings (SSSR count). The SMILES string of the molecule is CCOC(=O)c1ccccc1C1CCC(CC)CC1. The number of esters is 1. The maximum absolute atomic E-state index is 12.0. The van der Waals surface area contributed by atoms with Crippen LogP contribution in [0.5, 0.6) is 0 Å². The van der Waals surface area contributed by atoms with E-state index in [1.165, 1.54) is 37.7 Å². The lowest BCUT2D eigenvalue weighted by Gasteiger charge is -2.29. The van der Waals surface area contributed by atoms with Gasteiger partial charge in [-0.3, -0.25) is 0 Å². The van der Waals surface area contributed by atoms with Gasteiger partial charge in [-0.05, 0) is 56.1 Å². The molecule has 104 valence electrons. The van der Waals surface area contributed by atoms with Gasteiger partial charge >= 0.3 is 5.97 Å². The van der Waals surface area contributed by atoms with Crippen LogP contribution in [0.15, 0.2) is 24.3 Å². The van der Waals surface area contributed by atoms with Crippen molar-refractivity contribution in [2.45, 2.75) is 51.9 Å². The smallest absolute Gasteiger partial charge is 0.338 e. The lowest BCUT2D eigenvalue weighted by atomic mass is 9.77. The van der Waals surface area contributed by atoms with E-state index in [-0.39, 0.29) is 5.97 Å². The van der Waals surface area contributed by atoms with E-state index in [4.69, 9.17) is 4.74 Å². The van der Waals surface area contributed by atoms with Gasteiger partial charge in [0.15, 0.2) is 0 Å². The third-order valence-electron chi connectivity index (χ3n) is 4.32. The van der Waals surface area contributed by atoms with Crippen LogP contribution in [-0.4, -0.2) is 12.6 Å². The largest absolute Gasteiger partial charge is 0.462 e. The van der Waals surface area contributed by atoms with Gasteiger partial charge in [-0.15, -0.1) is 0 Å². The molecule has 1 aromatic rings. The Balaban J connectivity index is 2.14. The highest BCUT2D eigenvalue weighted by Gasteiger charge is 2.24. The first-order valence-electron chi connectivity index (χ1n) is 7.52. The second kappa shape index (κ2) is 6.74. The van der Waals surface area contributed by atoms with E-state index in [2.05, 4.69) is 13.0 Å². The predicted molar refractivity (Wildman–Crippen MR) is 77.4 cm³/mol. The molecule has 1 aliphatic rings. The molecule has 2 heteroatoms.